The van der Waals surface area contributed by atoms with E-state index >= 15 is 0 Å². The van der Waals surface area contributed by atoms with Crippen molar-refractivity contribution in [2.45, 2.75) is 45.1 Å². The number of nitrogens with zero attached hydrogens (tertiary/aromatic N) is 1. The highest BCUT2D eigenvalue weighted by atomic mass is 35.5. The van der Waals surface area contributed by atoms with Gasteiger partial charge in [0.1, 0.15) is 0 Å². The standard InChI is InChI=1S/C15H23ClN2O/c1-10-8-18(9-11(2)19-10)15(12(3)17)13-5-4-6-14(16)7-13/h4-7,10-12,15H,8-9,17H2,1-3H3/t10-,11+,12?,15?. The predicted molar refractivity (Wildman–Crippen MR) is 79.4 cm³/mol. The van der Waals surface area contributed by atoms with Crippen LogP contribution in [0.4, 0.5) is 0 Å². The fraction of sp³-hybridized carbons (Fsp3) is 0.600. The zero-order chi connectivity index (χ0) is 14.0. The fourth-order valence-corrected chi connectivity index (χ4v) is 3.18. The van der Waals surface area contributed by atoms with Gasteiger partial charge in [-0.05, 0) is 38.5 Å². The zero-order valence-electron chi connectivity index (χ0n) is 11.8. The molecule has 0 bridgehead atoms. The topological polar surface area (TPSA) is 38.5 Å². The van der Waals surface area contributed by atoms with Crippen molar-refractivity contribution in [1.82, 2.24) is 4.90 Å². The minimum Gasteiger partial charge on any atom is -0.373 e. The van der Waals surface area contributed by atoms with Crippen LogP contribution in [-0.2, 0) is 4.74 Å². The molecule has 0 aromatic heterocycles. The van der Waals surface area contributed by atoms with Crippen LogP contribution < -0.4 is 5.73 Å². The second-order valence-corrected chi connectivity index (χ2v) is 6.01. The molecule has 2 rings (SSSR count). The molecule has 2 unspecified atom stereocenters. The Labute approximate surface area is 120 Å². The van der Waals surface area contributed by atoms with Gasteiger partial charge in [-0.1, -0.05) is 23.7 Å². The molecule has 106 valence electrons. The van der Waals surface area contributed by atoms with E-state index in [0.29, 0.717) is 0 Å². The summed E-state index contributed by atoms with van der Waals surface area (Å²) in [7, 11) is 0. The highest BCUT2D eigenvalue weighted by Crippen LogP contribution is 2.28. The molecule has 1 fully saturated rings. The lowest BCUT2D eigenvalue weighted by Crippen LogP contribution is -2.50. The molecule has 1 heterocycles. The summed E-state index contributed by atoms with van der Waals surface area (Å²) in [4.78, 5) is 2.41. The van der Waals surface area contributed by atoms with Gasteiger partial charge in [-0.3, -0.25) is 4.90 Å². The molecular formula is C15H23ClN2O. The number of hydrogen-bond donors (Lipinski definition) is 1. The summed E-state index contributed by atoms with van der Waals surface area (Å²) in [6.45, 7) is 8.08. The average molecular weight is 283 g/mol. The molecule has 3 nitrogen and oxygen atoms in total. The van der Waals surface area contributed by atoms with Gasteiger partial charge in [0.15, 0.2) is 0 Å². The van der Waals surface area contributed by atoms with E-state index in [4.69, 9.17) is 22.1 Å². The number of halogens is 1. The average Bonchev–Trinajstić information content (AvgIpc) is 2.27. The second kappa shape index (κ2) is 6.23. The molecule has 4 heteroatoms. The molecule has 0 amide bonds. The first-order valence-corrected chi connectivity index (χ1v) is 7.25. The van der Waals surface area contributed by atoms with Crippen molar-refractivity contribution in [2.75, 3.05) is 13.1 Å². The van der Waals surface area contributed by atoms with Gasteiger partial charge < -0.3 is 10.5 Å². The van der Waals surface area contributed by atoms with Gasteiger partial charge in [0, 0.05) is 30.2 Å². The van der Waals surface area contributed by atoms with Crippen molar-refractivity contribution < 1.29 is 4.74 Å². The third kappa shape index (κ3) is 3.69. The molecule has 0 saturated carbocycles. The SMILES string of the molecule is CC(N)C(c1cccc(Cl)c1)N1C[C@@H](C)O[C@@H](C)C1. The number of hydrogen-bond acceptors (Lipinski definition) is 3. The molecule has 1 aromatic carbocycles. The molecule has 1 aliphatic rings. The molecule has 1 aromatic rings. The lowest BCUT2D eigenvalue weighted by molar-refractivity contribution is -0.0831. The lowest BCUT2D eigenvalue weighted by atomic mass is 9.97. The zero-order valence-corrected chi connectivity index (χ0v) is 12.6. The van der Waals surface area contributed by atoms with E-state index in [9.17, 15) is 0 Å². The van der Waals surface area contributed by atoms with Crippen LogP contribution in [0.25, 0.3) is 0 Å². The molecule has 0 aliphatic carbocycles. The van der Waals surface area contributed by atoms with Crippen molar-refractivity contribution in [3.63, 3.8) is 0 Å². The Morgan fingerprint density at radius 3 is 2.47 bits per heavy atom. The molecule has 2 N–H and O–H groups in total. The van der Waals surface area contributed by atoms with Gasteiger partial charge in [0.05, 0.1) is 12.2 Å². The Kier molecular flexibility index (Phi) is 4.85. The lowest BCUT2D eigenvalue weighted by Gasteiger charge is -2.42. The molecule has 0 spiro atoms. The highest BCUT2D eigenvalue weighted by Gasteiger charge is 2.30. The first-order chi connectivity index (χ1) is 8.97. The summed E-state index contributed by atoms with van der Waals surface area (Å²) in [5.74, 6) is 0. The fourth-order valence-electron chi connectivity index (χ4n) is 2.98. The Morgan fingerprint density at radius 2 is 1.95 bits per heavy atom. The summed E-state index contributed by atoms with van der Waals surface area (Å²) in [5.41, 5.74) is 7.40. The van der Waals surface area contributed by atoms with Crippen molar-refractivity contribution in [3.05, 3.63) is 34.9 Å². The van der Waals surface area contributed by atoms with Crippen LogP contribution >= 0.6 is 11.6 Å². The Morgan fingerprint density at radius 1 is 1.32 bits per heavy atom. The van der Waals surface area contributed by atoms with Crippen LogP contribution in [-0.4, -0.2) is 36.2 Å². The molecule has 0 radical (unpaired) electrons. The van der Waals surface area contributed by atoms with E-state index in [-0.39, 0.29) is 24.3 Å². The van der Waals surface area contributed by atoms with Crippen LogP contribution in [0.5, 0.6) is 0 Å². The van der Waals surface area contributed by atoms with Crippen molar-refractivity contribution in [3.8, 4) is 0 Å². The maximum atomic E-state index is 6.21. The van der Waals surface area contributed by atoms with Gasteiger partial charge >= 0.3 is 0 Å². The first-order valence-electron chi connectivity index (χ1n) is 6.88. The third-order valence-corrected chi connectivity index (χ3v) is 3.76. The van der Waals surface area contributed by atoms with Crippen molar-refractivity contribution in [2.24, 2.45) is 5.73 Å². The summed E-state index contributed by atoms with van der Waals surface area (Å²) in [6, 6.07) is 8.24. The number of morpholine rings is 1. The predicted octanol–water partition coefficient (Wildman–Crippen LogP) is 2.84. The van der Waals surface area contributed by atoms with Gasteiger partial charge in [-0.2, -0.15) is 0 Å². The maximum Gasteiger partial charge on any atom is 0.0678 e. The number of benzene rings is 1. The van der Waals surface area contributed by atoms with Gasteiger partial charge in [0.2, 0.25) is 0 Å². The quantitative estimate of drug-likeness (QED) is 0.926. The monoisotopic (exact) mass is 282 g/mol. The van der Waals surface area contributed by atoms with Crippen molar-refractivity contribution in [1.29, 1.82) is 0 Å². The number of nitrogens with two attached hydrogens (primary N) is 1. The molecule has 1 saturated heterocycles. The summed E-state index contributed by atoms with van der Waals surface area (Å²) >= 11 is 6.11. The van der Waals surface area contributed by atoms with E-state index in [0.717, 1.165) is 18.1 Å². The van der Waals surface area contributed by atoms with Crippen LogP contribution in [0.15, 0.2) is 24.3 Å². The summed E-state index contributed by atoms with van der Waals surface area (Å²) < 4.78 is 5.80. The minimum atomic E-state index is 0.0518. The van der Waals surface area contributed by atoms with E-state index in [1.54, 1.807) is 0 Å². The normalized spacial score (nSPS) is 28.1. The van der Waals surface area contributed by atoms with Crippen molar-refractivity contribution >= 4 is 11.6 Å². The minimum absolute atomic E-state index is 0.0518. The van der Waals surface area contributed by atoms with Crippen LogP contribution in [0, 0.1) is 0 Å². The van der Waals surface area contributed by atoms with Gasteiger partial charge in [-0.15, -0.1) is 0 Å². The van der Waals surface area contributed by atoms with Crippen LogP contribution in [0.1, 0.15) is 32.4 Å². The Balaban J connectivity index is 2.25. The van der Waals surface area contributed by atoms with Gasteiger partial charge in [-0.25, -0.2) is 0 Å². The van der Waals surface area contributed by atoms with E-state index in [2.05, 4.69) is 31.7 Å². The molecule has 1 aliphatic heterocycles. The smallest absolute Gasteiger partial charge is 0.0678 e. The van der Waals surface area contributed by atoms with E-state index < -0.39 is 0 Å². The summed E-state index contributed by atoms with van der Waals surface area (Å²) in [6.07, 6.45) is 0.480. The number of rotatable bonds is 3. The molecule has 19 heavy (non-hydrogen) atoms. The van der Waals surface area contributed by atoms with Crippen LogP contribution in [0.2, 0.25) is 5.02 Å². The first kappa shape index (κ1) is 14.8. The molecule has 4 atom stereocenters. The van der Waals surface area contributed by atoms with Gasteiger partial charge in [0.25, 0.3) is 0 Å². The molecular weight excluding hydrogens is 260 g/mol. The van der Waals surface area contributed by atoms with E-state index in [1.165, 1.54) is 5.56 Å². The third-order valence-electron chi connectivity index (χ3n) is 3.53. The van der Waals surface area contributed by atoms with E-state index in [1.807, 2.05) is 18.2 Å². The highest BCUT2D eigenvalue weighted by molar-refractivity contribution is 6.30. The Bertz CT molecular complexity index is 414. The Hall–Kier alpha value is -0.610. The summed E-state index contributed by atoms with van der Waals surface area (Å²) in [5, 5.41) is 0.762. The largest absolute Gasteiger partial charge is 0.373 e. The maximum absolute atomic E-state index is 6.21. The number of ether oxygens (including phenoxy) is 1. The van der Waals surface area contributed by atoms with Crippen LogP contribution in [0.3, 0.4) is 0 Å². The second-order valence-electron chi connectivity index (χ2n) is 5.57.